The zero-order chi connectivity index (χ0) is 21.3. The number of aromatic nitrogens is 5. The summed E-state index contributed by atoms with van der Waals surface area (Å²) in [7, 11) is 0. The SMILES string of the molecule is c1cc(Cn2cncn2)cc(Nc2ncc3cc(C4CC4)c(OC4CCNC4)cc3n2)c1. The van der Waals surface area contributed by atoms with E-state index >= 15 is 0 Å². The molecule has 2 N–H and O–H groups in total. The first kappa shape index (κ1) is 19.2. The van der Waals surface area contributed by atoms with Gasteiger partial charge in [-0.15, -0.1) is 0 Å². The van der Waals surface area contributed by atoms with Crippen LogP contribution >= 0.6 is 0 Å². The van der Waals surface area contributed by atoms with Gasteiger partial charge < -0.3 is 15.4 Å². The molecule has 1 unspecified atom stereocenters. The number of fused-ring (bicyclic) bond motifs is 1. The Morgan fingerprint density at radius 3 is 2.94 bits per heavy atom. The Hall–Kier alpha value is -3.52. The lowest BCUT2D eigenvalue weighted by Gasteiger charge is -2.17. The summed E-state index contributed by atoms with van der Waals surface area (Å²) in [5, 5.41) is 11.9. The third-order valence-corrected chi connectivity index (χ3v) is 6.03. The van der Waals surface area contributed by atoms with Gasteiger partial charge in [0.15, 0.2) is 0 Å². The molecule has 4 aromatic rings. The summed E-state index contributed by atoms with van der Waals surface area (Å²) in [4.78, 5) is 13.3. The van der Waals surface area contributed by atoms with Gasteiger partial charge >= 0.3 is 0 Å². The maximum atomic E-state index is 6.38. The van der Waals surface area contributed by atoms with Crippen LogP contribution in [0.4, 0.5) is 11.6 Å². The Morgan fingerprint density at radius 1 is 1.16 bits per heavy atom. The molecule has 1 atom stereocenters. The fourth-order valence-corrected chi connectivity index (χ4v) is 4.24. The molecule has 3 heterocycles. The van der Waals surface area contributed by atoms with Crippen LogP contribution in [-0.2, 0) is 6.54 Å². The summed E-state index contributed by atoms with van der Waals surface area (Å²) in [5.74, 6) is 2.16. The van der Waals surface area contributed by atoms with Crippen molar-refractivity contribution in [3.63, 3.8) is 0 Å². The number of ether oxygens (including phenoxy) is 1. The fourth-order valence-electron chi connectivity index (χ4n) is 4.24. The van der Waals surface area contributed by atoms with Crippen LogP contribution in [0, 0.1) is 0 Å². The Morgan fingerprint density at radius 2 is 2.12 bits per heavy atom. The Bertz CT molecular complexity index is 1230. The van der Waals surface area contributed by atoms with Crippen molar-refractivity contribution in [1.82, 2.24) is 30.0 Å². The number of benzene rings is 2. The Kier molecular flexibility index (Phi) is 4.92. The van der Waals surface area contributed by atoms with Crippen molar-refractivity contribution >= 4 is 22.5 Å². The minimum Gasteiger partial charge on any atom is -0.489 e. The van der Waals surface area contributed by atoms with Gasteiger partial charge in [0.05, 0.1) is 12.1 Å². The number of rotatable bonds is 7. The van der Waals surface area contributed by atoms with Crippen molar-refractivity contribution in [2.75, 3.05) is 18.4 Å². The number of anilines is 2. The van der Waals surface area contributed by atoms with E-state index in [9.17, 15) is 0 Å². The van der Waals surface area contributed by atoms with Crippen molar-refractivity contribution in [2.24, 2.45) is 0 Å². The van der Waals surface area contributed by atoms with E-state index in [1.54, 1.807) is 17.3 Å². The van der Waals surface area contributed by atoms with Crippen molar-refractivity contribution in [2.45, 2.75) is 37.8 Å². The van der Waals surface area contributed by atoms with E-state index in [2.05, 4.69) is 50.0 Å². The molecule has 8 heteroatoms. The summed E-state index contributed by atoms with van der Waals surface area (Å²) in [6.45, 7) is 2.58. The molecule has 0 spiro atoms. The van der Waals surface area contributed by atoms with Gasteiger partial charge in [-0.2, -0.15) is 5.10 Å². The first-order valence-corrected chi connectivity index (χ1v) is 11.2. The molecule has 2 aromatic carbocycles. The first-order chi connectivity index (χ1) is 15.8. The van der Waals surface area contributed by atoms with Crippen LogP contribution < -0.4 is 15.4 Å². The molecule has 0 amide bonds. The average molecular weight is 428 g/mol. The lowest BCUT2D eigenvalue weighted by Crippen LogP contribution is -2.20. The van der Waals surface area contributed by atoms with Crippen LogP contribution in [0.5, 0.6) is 5.75 Å². The molecule has 162 valence electrons. The van der Waals surface area contributed by atoms with E-state index in [0.717, 1.165) is 47.4 Å². The van der Waals surface area contributed by atoms with E-state index in [0.29, 0.717) is 18.4 Å². The average Bonchev–Trinajstić information content (AvgIpc) is 3.26. The normalized spacial score (nSPS) is 18.2. The highest BCUT2D eigenvalue weighted by atomic mass is 16.5. The second-order valence-electron chi connectivity index (χ2n) is 8.57. The second-order valence-corrected chi connectivity index (χ2v) is 8.57. The maximum Gasteiger partial charge on any atom is 0.227 e. The molecule has 2 aliphatic rings. The molecule has 1 aliphatic heterocycles. The van der Waals surface area contributed by atoms with Crippen LogP contribution in [0.25, 0.3) is 10.9 Å². The fraction of sp³-hybridized carbons (Fsp3) is 0.333. The van der Waals surface area contributed by atoms with E-state index < -0.39 is 0 Å². The molecule has 1 aliphatic carbocycles. The van der Waals surface area contributed by atoms with Crippen molar-refractivity contribution < 1.29 is 4.74 Å². The molecule has 0 bridgehead atoms. The molecule has 1 saturated carbocycles. The molecule has 1 saturated heterocycles. The zero-order valence-electron chi connectivity index (χ0n) is 17.7. The van der Waals surface area contributed by atoms with Crippen LogP contribution in [0.1, 0.15) is 36.3 Å². The monoisotopic (exact) mass is 427 g/mol. The smallest absolute Gasteiger partial charge is 0.227 e. The van der Waals surface area contributed by atoms with Gasteiger partial charge in [-0.1, -0.05) is 12.1 Å². The quantitative estimate of drug-likeness (QED) is 0.465. The van der Waals surface area contributed by atoms with Crippen LogP contribution in [0.2, 0.25) is 0 Å². The first-order valence-electron chi connectivity index (χ1n) is 11.2. The Balaban J connectivity index is 1.26. The number of nitrogens with zero attached hydrogens (tertiary/aromatic N) is 5. The summed E-state index contributed by atoms with van der Waals surface area (Å²) in [5.41, 5.74) is 4.25. The minimum absolute atomic E-state index is 0.233. The highest BCUT2D eigenvalue weighted by Crippen LogP contribution is 2.46. The largest absolute Gasteiger partial charge is 0.489 e. The molecule has 2 aromatic heterocycles. The van der Waals surface area contributed by atoms with Gasteiger partial charge in [0.2, 0.25) is 5.95 Å². The topological polar surface area (TPSA) is 89.8 Å². The van der Waals surface area contributed by atoms with Gasteiger partial charge in [0, 0.05) is 29.9 Å². The lowest BCUT2D eigenvalue weighted by atomic mass is 10.1. The number of nitrogens with one attached hydrogen (secondary N) is 2. The summed E-state index contributed by atoms with van der Waals surface area (Å²) in [6.07, 6.45) is 8.90. The molecular weight excluding hydrogens is 402 g/mol. The van der Waals surface area contributed by atoms with Crippen molar-refractivity contribution in [3.05, 3.63) is 66.4 Å². The summed E-state index contributed by atoms with van der Waals surface area (Å²) < 4.78 is 8.18. The molecule has 6 rings (SSSR count). The molecule has 8 nitrogen and oxygen atoms in total. The van der Waals surface area contributed by atoms with Gasteiger partial charge in [-0.3, -0.25) is 0 Å². The van der Waals surface area contributed by atoms with E-state index in [1.165, 1.54) is 18.4 Å². The molecule has 0 radical (unpaired) electrons. The second kappa shape index (κ2) is 8.20. The third kappa shape index (κ3) is 4.13. The highest BCUT2D eigenvalue weighted by molar-refractivity contribution is 5.82. The Labute approximate surface area is 186 Å². The molecular formula is C24H25N7O. The van der Waals surface area contributed by atoms with Crippen LogP contribution in [0.15, 0.2) is 55.2 Å². The predicted molar refractivity (Wildman–Crippen MR) is 122 cm³/mol. The van der Waals surface area contributed by atoms with E-state index in [-0.39, 0.29) is 6.10 Å². The van der Waals surface area contributed by atoms with Crippen molar-refractivity contribution in [3.8, 4) is 5.75 Å². The number of hydrogen-bond donors (Lipinski definition) is 2. The van der Waals surface area contributed by atoms with Gasteiger partial charge in [-0.25, -0.2) is 19.6 Å². The van der Waals surface area contributed by atoms with Gasteiger partial charge in [0.1, 0.15) is 24.5 Å². The van der Waals surface area contributed by atoms with E-state index in [4.69, 9.17) is 9.72 Å². The number of hydrogen-bond acceptors (Lipinski definition) is 7. The third-order valence-electron chi connectivity index (χ3n) is 6.03. The molecule has 2 fully saturated rings. The maximum absolute atomic E-state index is 6.38. The predicted octanol–water partition coefficient (Wildman–Crippen LogP) is 3.63. The summed E-state index contributed by atoms with van der Waals surface area (Å²) >= 11 is 0. The molecule has 32 heavy (non-hydrogen) atoms. The van der Waals surface area contributed by atoms with E-state index in [1.807, 2.05) is 18.3 Å². The lowest BCUT2D eigenvalue weighted by molar-refractivity contribution is 0.221. The van der Waals surface area contributed by atoms with Gasteiger partial charge in [0.25, 0.3) is 0 Å². The van der Waals surface area contributed by atoms with Gasteiger partial charge in [-0.05, 0) is 61.1 Å². The van der Waals surface area contributed by atoms with Crippen LogP contribution in [0.3, 0.4) is 0 Å². The minimum atomic E-state index is 0.233. The zero-order valence-corrected chi connectivity index (χ0v) is 17.7. The standard InChI is InChI=1S/C24H25N7O/c1-2-16(13-31-15-26-14-28-31)8-19(3-1)29-24-27-11-18-9-21(17-4-5-17)23(10-22(18)30-24)32-20-6-7-25-12-20/h1-3,8-11,14-15,17,20,25H,4-7,12-13H2,(H,27,29,30). The highest BCUT2D eigenvalue weighted by Gasteiger charge is 2.29. The van der Waals surface area contributed by atoms with Crippen molar-refractivity contribution in [1.29, 1.82) is 0 Å². The summed E-state index contributed by atoms with van der Waals surface area (Å²) in [6, 6.07) is 12.5. The van der Waals surface area contributed by atoms with Crippen LogP contribution in [-0.4, -0.2) is 43.9 Å².